The minimum absolute atomic E-state index is 0.0812. The van der Waals surface area contributed by atoms with E-state index in [-0.39, 0.29) is 17.7 Å². The van der Waals surface area contributed by atoms with Gasteiger partial charge in [-0.25, -0.2) is 8.42 Å². The third-order valence-corrected chi connectivity index (χ3v) is 6.56. The van der Waals surface area contributed by atoms with Crippen LogP contribution in [0.3, 0.4) is 0 Å². The monoisotopic (exact) mass is 372 g/mol. The summed E-state index contributed by atoms with van der Waals surface area (Å²) in [7, 11) is -3.26. The van der Waals surface area contributed by atoms with Crippen molar-refractivity contribution < 1.29 is 13.2 Å². The van der Waals surface area contributed by atoms with Crippen molar-refractivity contribution in [2.24, 2.45) is 0 Å². The molecule has 0 unspecified atom stereocenters. The molecule has 26 heavy (non-hydrogen) atoms. The molecule has 1 aliphatic rings. The minimum Gasteiger partial charge on any atom is -0.345 e. The summed E-state index contributed by atoms with van der Waals surface area (Å²) in [6.45, 7) is 4.52. The molecule has 6 heteroatoms. The molecule has 0 bridgehead atoms. The van der Waals surface area contributed by atoms with Crippen molar-refractivity contribution in [1.29, 1.82) is 0 Å². The van der Waals surface area contributed by atoms with Gasteiger partial charge in [-0.3, -0.25) is 9.10 Å². The summed E-state index contributed by atoms with van der Waals surface area (Å²) >= 11 is 0. The highest BCUT2D eigenvalue weighted by Crippen LogP contribution is 2.25. The molecule has 1 fully saturated rings. The summed E-state index contributed by atoms with van der Waals surface area (Å²) in [5.41, 5.74) is 3.26. The van der Waals surface area contributed by atoms with Gasteiger partial charge in [-0.1, -0.05) is 42.8 Å². The van der Waals surface area contributed by atoms with Gasteiger partial charge >= 0.3 is 0 Å². The molecular weight excluding hydrogens is 348 g/mol. The van der Waals surface area contributed by atoms with Crippen molar-refractivity contribution in [3.05, 3.63) is 65.2 Å². The van der Waals surface area contributed by atoms with Gasteiger partial charge in [0.2, 0.25) is 10.0 Å². The zero-order valence-corrected chi connectivity index (χ0v) is 15.9. The minimum atomic E-state index is -3.26. The van der Waals surface area contributed by atoms with Gasteiger partial charge in [-0.05, 0) is 43.5 Å². The maximum atomic E-state index is 12.7. The van der Waals surface area contributed by atoms with E-state index in [4.69, 9.17) is 0 Å². The number of hydrogen-bond acceptors (Lipinski definition) is 3. The molecule has 5 nitrogen and oxygen atoms in total. The number of nitrogens with one attached hydrogen (secondary N) is 1. The largest absolute Gasteiger partial charge is 0.345 e. The van der Waals surface area contributed by atoms with E-state index in [1.807, 2.05) is 38.1 Å². The van der Waals surface area contributed by atoms with Gasteiger partial charge in [-0.15, -0.1) is 0 Å². The third-order valence-electron chi connectivity index (χ3n) is 4.69. The topological polar surface area (TPSA) is 66.5 Å². The second-order valence-corrected chi connectivity index (χ2v) is 8.65. The van der Waals surface area contributed by atoms with Crippen LogP contribution in [0.2, 0.25) is 0 Å². The van der Waals surface area contributed by atoms with Crippen molar-refractivity contribution in [2.75, 3.05) is 16.6 Å². The summed E-state index contributed by atoms with van der Waals surface area (Å²) in [6.07, 6.45) is 1.39. The first-order valence-electron chi connectivity index (χ1n) is 8.88. The van der Waals surface area contributed by atoms with Gasteiger partial charge < -0.3 is 5.32 Å². The molecule has 0 aliphatic carbocycles. The van der Waals surface area contributed by atoms with E-state index in [1.165, 1.54) is 9.87 Å². The molecule has 1 saturated heterocycles. The molecule has 0 spiro atoms. The second kappa shape index (κ2) is 7.50. The Hall–Kier alpha value is -2.34. The zero-order valence-electron chi connectivity index (χ0n) is 15.1. The number of aryl methyl sites for hydroxylation is 1. The Bertz CT molecular complexity index is 892. The Balaban J connectivity index is 1.79. The fraction of sp³-hybridized carbons (Fsp3) is 0.350. The fourth-order valence-corrected chi connectivity index (χ4v) is 4.75. The average Bonchev–Trinajstić information content (AvgIpc) is 2.99. The van der Waals surface area contributed by atoms with Crippen LogP contribution in [0.4, 0.5) is 5.69 Å². The number of hydrogen-bond donors (Lipinski definition) is 1. The number of rotatable bonds is 5. The van der Waals surface area contributed by atoms with E-state index < -0.39 is 10.0 Å². The normalized spacial score (nSPS) is 17.1. The highest BCUT2D eigenvalue weighted by Gasteiger charge is 2.28. The molecule has 0 radical (unpaired) electrons. The first-order valence-corrected chi connectivity index (χ1v) is 10.5. The maximum absolute atomic E-state index is 12.7. The number of benzene rings is 2. The van der Waals surface area contributed by atoms with E-state index in [0.717, 1.165) is 12.0 Å². The smallest absolute Gasteiger partial charge is 0.251 e. The zero-order chi connectivity index (χ0) is 18.7. The lowest BCUT2D eigenvalue weighted by Gasteiger charge is -2.20. The molecule has 2 aromatic carbocycles. The second-order valence-electron chi connectivity index (χ2n) is 6.64. The number of carbonyl (C=O) groups excluding carboxylic acids is 1. The quantitative estimate of drug-likeness (QED) is 0.874. The molecule has 1 N–H and O–H groups in total. The van der Waals surface area contributed by atoms with Crippen LogP contribution in [0.25, 0.3) is 0 Å². The van der Waals surface area contributed by atoms with Gasteiger partial charge in [0.15, 0.2) is 0 Å². The number of amides is 1. The van der Waals surface area contributed by atoms with Crippen LogP contribution < -0.4 is 9.62 Å². The lowest BCUT2D eigenvalue weighted by molar-refractivity contribution is 0.0935. The Morgan fingerprint density at radius 3 is 2.54 bits per heavy atom. The molecule has 2 aromatic rings. The Kier molecular flexibility index (Phi) is 5.32. The molecule has 1 aliphatic heterocycles. The predicted molar refractivity (Wildman–Crippen MR) is 104 cm³/mol. The van der Waals surface area contributed by atoms with Crippen molar-refractivity contribution in [3.63, 3.8) is 0 Å². The fourth-order valence-electron chi connectivity index (χ4n) is 3.19. The first-order chi connectivity index (χ1) is 12.4. The molecular formula is C20H24N2O3S. The summed E-state index contributed by atoms with van der Waals surface area (Å²) in [6, 6.07) is 14.9. The van der Waals surface area contributed by atoms with E-state index in [1.54, 1.807) is 24.3 Å². The summed E-state index contributed by atoms with van der Waals surface area (Å²) in [4.78, 5) is 12.7. The van der Waals surface area contributed by atoms with Crippen molar-refractivity contribution in [3.8, 4) is 0 Å². The van der Waals surface area contributed by atoms with Gasteiger partial charge in [0.25, 0.3) is 5.91 Å². The van der Waals surface area contributed by atoms with Crippen LogP contribution in [0, 0.1) is 6.92 Å². The maximum Gasteiger partial charge on any atom is 0.251 e. The molecule has 0 saturated carbocycles. The van der Waals surface area contributed by atoms with Crippen molar-refractivity contribution in [2.45, 2.75) is 32.7 Å². The molecule has 1 amide bonds. The number of nitrogens with zero attached hydrogens (tertiary/aromatic N) is 1. The van der Waals surface area contributed by atoms with E-state index in [0.29, 0.717) is 24.2 Å². The summed E-state index contributed by atoms with van der Waals surface area (Å²) in [5, 5.41) is 3.05. The SMILES string of the molecule is CC[C@@H](NC(=O)c1cccc(N2CCCS2(=O)=O)c1)c1ccc(C)cc1. The van der Waals surface area contributed by atoms with Crippen LogP contribution in [0.15, 0.2) is 48.5 Å². The lowest BCUT2D eigenvalue weighted by atomic mass is 10.0. The lowest BCUT2D eigenvalue weighted by Crippen LogP contribution is -2.29. The van der Waals surface area contributed by atoms with Crippen LogP contribution in [0.5, 0.6) is 0 Å². The Morgan fingerprint density at radius 2 is 1.92 bits per heavy atom. The van der Waals surface area contributed by atoms with E-state index in [2.05, 4.69) is 5.32 Å². The number of sulfonamides is 1. The van der Waals surface area contributed by atoms with Crippen molar-refractivity contribution in [1.82, 2.24) is 5.32 Å². The predicted octanol–water partition coefficient (Wildman–Crippen LogP) is 3.42. The highest BCUT2D eigenvalue weighted by atomic mass is 32.2. The first kappa shape index (κ1) is 18.5. The highest BCUT2D eigenvalue weighted by molar-refractivity contribution is 7.93. The van der Waals surface area contributed by atoms with Gasteiger partial charge in [0.05, 0.1) is 17.5 Å². The standard InChI is InChI=1S/C20H24N2O3S/c1-3-19(16-10-8-15(2)9-11-16)21-20(23)17-6-4-7-18(14-17)22-12-5-13-26(22,24)25/h4,6-11,14,19H,3,5,12-13H2,1-2H3,(H,21,23)/t19-/m1/s1. The van der Waals surface area contributed by atoms with Gasteiger partial charge in [0.1, 0.15) is 0 Å². The van der Waals surface area contributed by atoms with Crippen LogP contribution in [-0.2, 0) is 10.0 Å². The molecule has 0 aromatic heterocycles. The number of carbonyl (C=O) groups is 1. The summed E-state index contributed by atoms with van der Waals surface area (Å²) < 4.78 is 25.6. The molecule has 1 heterocycles. The van der Waals surface area contributed by atoms with Crippen molar-refractivity contribution >= 4 is 21.6 Å². The molecule has 3 rings (SSSR count). The van der Waals surface area contributed by atoms with Crippen LogP contribution in [-0.4, -0.2) is 26.6 Å². The van der Waals surface area contributed by atoms with Crippen LogP contribution >= 0.6 is 0 Å². The Morgan fingerprint density at radius 1 is 1.19 bits per heavy atom. The summed E-state index contributed by atoms with van der Waals surface area (Å²) in [5.74, 6) is -0.0368. The molecule has 1 atom stereocenters. The van der Waals surface area contributed by atoms with Gasteiger partial charge in [0, 0.05) is 12.1 Å². The molecule has 138 valence electrons. The van der Waals surface area contributed by atoms with Gasteiger partial charge in [-0.2, -0.15) is 0 Å². The third kappa shape index (κ3) is 3.90. The van der Waals surface area contributed by atoms with E-state index in [9.17, 15) is 13.2 Å². The Labute approximate surface area is 155 Å². The van der Waals surface area contributed by atoms with E-state index >= 15 is 0 Å². The van der Waals surface area contributed by atoms with Crippen LogP contribution in [0.1, 0.15) is 47.3 Å². The number of anilines is 1. The average molecular weight is 372 g/mol.